The average Bonchev–Trinajstić information content (AvgIpc) is 3.34. The van der Waals surface area contributed by atoms with Gasteiger partial charge in [0.1, 0.15) is 0 Å². The number of amides is 1. The maximum Gasteiger partial charge on any atom is 0.289 e. The standard InChI is InChI=1S/C22H24N4OS2/c1-4-25(5-2)12-13-26(22-24-17-11-10-15(3)14-19(17)29-22)21(27)20-23-16-8-6-7-9-18(16)28-20/h6-11,14H,4-5,12-13H2,1-3H3. The number of aromatic nitrogens is 2. The highest BCUT2D eigenvalue weighted by molar-refractivity contribution is 7.23. The van der Waals surface area contributed by atoms with Crippen LogP contribution in [-0.2, 0) is 0 Å². The summed E-state index contributed by atoms with van der Waals surface area (Å²) in [6.07, 6.45) is 0. The van der Waals surface area contributed by atoms with Crippen LogP contribution < -0.4 is 4.90 Å². The molecular formula is C22H24N4OS2. The summed E-state index contributed by atoms with van der Waals surface area (Å²) in [4.78, 5) is 26.9. The highest BCUT2D eigenvalue weighted by Gasteiger charge is 2.24. The van der Waals surface area contributed by atoms with Crippen molar-refractivity contribution in [2.75, 3.05) is 31.1 Å². The molecule has 0 unspecified atom stereocenters. The molecule has 2 aromatic carbocycles. The fourth-order valence-electron chi connectivity index (χ4n) is 3.28. The van der Waals surface area contributed by atoms with E-state index >= 15 is 0 Å². The fraction of sp³-hybridized carbons (Fsp3) is 0.318. The highest BCUT2D eigenvalue weighted by Crippen LogP contribution is 2.31. The van der Waals surface area contributed by atoms with Crippen molar-refractivity contribution in [1.29, 1.82) is 0 Å². The van der Waals surface area contributed by atoms with Gasteiger partial charge in [-0.05, 0) is 49.8 Å². The zero-order valence-electron chi connectivity index (χ0n) is 16.9. The molecule has 7 heteroatoms. The maximum atomic E-state index is 13.5. The molecule has 0 N–H and O–H groups in total. The monoisotopic (exact) mass is 424 g/mol. The van der Waals surface area contributed by atoms with Crippen LogP contribution in [0.15, 0.2) is 42.5 Å². The molecule has 0 saturated heterocycles. The number of rotatable bonds is 7. The molecule has 0 saturated carbocycles. The van der Waals surface area contributed by atoms with Crippen LogP contribution in [0.5, 0.6) is 0 Å². The molecule has 0 fully saturated rings. The van der Waals surface area contributed by atoms with Crippen LogP contribution in [0, 0.1) is 6.92 Å². The van der Waals surface area contributed by atoms with Crippen LogP contribution in [0.3, 0.4) is 0 Å². The molecule has 29 heavy (non-hydrogen) atoms. The number of aryl methyl sites for hydroxylation is 1. The summed E-state index contributed by atoms with van der Waals surface area (Å²) in [5.74, 6) is -0.0749. The quantitative estimate of drug-likeness (QED) is 0.409. The lowest BCUT2D eigenvalue weighted by molar-refractivity contribution is 0.0983. The van der Waals surface area contributed by atoms with Crippen molar-refractivity contribution in [1.82, 2.24) is 14.9 Å². The predicted molar refractivity (Wildman–Crippen MR) is 123 cm³/mol. The zero-order chi connectivity index (χ0) is 20.4. The molecule has 150 valence electrons. The van der Waals surface area contributed by atoms with Gasteiger partial charge in [-0.25, -0.2) is 9.97 Å². The molecule has 0 aliphatic rings. The minimum Gasteiger partial charge on any atom is -0.302 e. The minimum atomic E-state index is -0.0749. The minimum absolute atomic E-state index is 0.0749. The molecule has 0 radical (unpaired) electrons. The number of likely N-dealkylation sites (N-methyl/N-ethyl adjacent to an activating group) is 1. The third kappa shape index (κ3) is 4.17. The Balaban J connectivity index is 1.70. The molecule has 0 bridgehead atoms. The van der Waals surface area contributed by atoms with Crippen LogP contribution in [0.4, 0.5) is 5.13 Å². The van der Waals surface area contributed by atoms with Crippen molar-refractivity contribution in [2.24, 2.45) is 0 Å². The number of benzene rings is 2. The van der Waals surface area contributed by atoms with E-state index in [9.17, 15) is 4.79 Å². The summed E-state index contributed by atoms with van der Waals surface area (Å²) in [6.45, 7) is 9.67. The number of hydrogen-bond donors (Lipinski definition) is 0. The predicted octanol–water partition coefficient (Wildman–Crippen LogP) is 5.20. The van der Waals surface area contributed by atoms with Crippen molar-refractivity contribution in [3.63, 3.8) is 0 Å². The third-order valence-electron chi connectivity index (χ3n) is 5.02. The summed E-state index contributed by atoms with van der Waals surface area (Å²) in [5.41, 5.74) is 2.99. The van der Waals surface area contributed by atoms with Crippen LogP contribution >= 0.6 is 22.7 Å². The average molecular weight is 425 g/mol. The van der Waals surface area contributed by atoms with Gasteiger partial charge in [0.2, 0.25) is 0 Å². The van der Waals surface area contributed by atoms with E-state index in [1.54, 1.807) is 16.2 Å². The van der Waals surface area contributed by atoms with E-state index in [1.807, 2.05) is 30.3 Å². The third-order valence-corrected chi connectivity index (χ3v) is 7.09. The number of nitrogens with zero attached hydrogens (tertiary/aromatic N) is 4. The number of para-hydroxylation sites is 1. The van der Waals surface area contributed by atoms with Crippen LogP contribution in [0.2, 0.25) is 0 Å². The largest absolute Gasteiger partial charge is 0.302 e. The van der Waals surface area contributed by atoms with Crippen LogP contribution in [0.25, 0.3) is 20.4 Å². The Kier molecular flexibility index (Phi) is 5.89. The normalized spacial score (nSPS) is 11.6. The molecule has 0 spiro atoms. The summed E-state index contributed by atoms with van der Waals surface area (Å²) < 4.78 is 2.13. The molecule has 0 aliphatic heterocycles. The van der Waals surface area contributed by atoms with E-state index in [2.05, 4.69) is 42.8 Å². The van der Waals surface area contributed by atoms with E-state index in [1.165, 1.54) is 16.9 Å². The van der Waals surface area contributed by atoms with Crippen LogP contribution in [-0.4, -0.2) is 47.0 Å². The smallest absolute Gasteiger partial charge is 0.289 e. The van der Waals surface area contributed by atoms with Gasteiger partial charge in [-0.15, -0.1) is 11.3 Å². The lowest BCUT2D eigenvalue weighted by Crippen LogP contribution is -2.38. The molecule has 4 rings (SSSR count). The van der Waals surface area contributed by atoms with Gasteiger partial charge >= 0.3 is 0 Å². The number of carbonyl (C=O) groups is 1. The van der Waals surface area contributed by atoms with E-state index in [4.69, 9.17) is 4.98 Å². The Morgan fingerprint density at radius 2 is 1.69 bits per heavy atom. The summed E-state index contributed by atoms with van der Waals surface area (Å²) in [5, 5.41) is 1.25. The van der Waals surface area contributed by atoms with Gasteiger partial charge in [-0.1, -0.05) is 43.4 Å². The second kappa shape index (κ2) is 8.57. The highest BCUT2D eigenvalue weighted by atomic mass is 32.1. The first-order valence-electron chi connectivity index (χ1n) is 9.86. The summed E-state index contributed by atoms with van der Waals surface area (Å²) >= 11 is 3.01. The van der Waals surface area contributed by atoms with Gasteiger partial charge in [-0.3, -0.25) is 9.69 Å². The summed E-state index contributed by atoms with van der Waals surface area (Å²) in [7, 11) is 0. The number of hydrogen-bond acceptors (Lipinski definition) is 6. The first-order chi connectivity index (χ1) is 14.1. The van der Waals surface area contributed by atoms with E-state index in [-0.39, 0.29) is 5.91 Å². The van der Waals surface area contributed by atoms with Gasteiger partial charge in [0, 0.05) is 13.1 Å². The van der Waals surface area contributed by atoms with Crippen molar-refractivity contribution in [3.05, 3.63) is 53.0 Å². The first-order valence-corrected chi connectivity index (χ1v) is 11.5. The summed E-state index contributed by atoms with van der Waals surface area (Å²) in [6, 6.07) is 14.1. The van der Waals surface area contributed by atoms with Gasteiger partial charge in [0.05, 0.1) is 20.4 Å². The fourth-order valence-corrected chi connectivity index (χ4v) is 5.28. The number of thiazole rings is 2. The van der Waals surface area contributed by atoms with Crippen molar-refractivity contribution < 1.29 is 4.79 Å². The van der Waals surface area contributed by atoms with Crippen molar-refractivity contribution >= 4 is 54.1 Å². The molecule has 5 nitrogen and oxygen atoms in total. The molecule has 4 aromatic rings. The number of carbonyl (C=O) groups excluding carboxylic acids is 1. The molecule has 0 atom stereocenters. The van der Waals surface area contributed by atoms with Crippen molar-refractivity contribution in [3.8, 4) is 0 Å². The van der Waals surface area contributed by atoms with Gasteiger partial charge in [0.15, 0.2) is 10.1 Å². The Morgan fingerprint density at radius 1 is 0.931 bits per heavy atom. The van der Waals surface area contributed by atoms with Gasteiger partial charge in [-0.2, -0.15) is 0 Å². The second-order valence-corrected chi connectivity index (χ2v) is 8.98. The molecule has 2 aromatic heterocycles. The topological polar surface area (TPSA) is 49.3 Å². The van der Waals surface area contributed by atoms with Gasteiger partial charge < -0.3 is 4.90 Å². The molecular weight excluding hydrogens is 400 g/mol. The van der Waals surface area contributed by atoms with E-state index in [0.29, 0.717) is 11.6 Å². The Morgan fingerprint density at radius 3 is 2.45 bits per heavy atom. The number of anilines is 1. The van der Waals surface area contributed by atoms with E-state index < -0.39 is 0 Å². The SMILES string of the molecule is CCN(CC)CCN(C(=O)c1nc2ccccc2s1)c1nc2ccc(C)cc2s1. The van der Waals surface area contributed by atoms with E-state index in [0.717, 1.165) is 45.2 Å². The lowest BCUT2D eigenvalue weighted by Gasteiger charge is -2.24. The Hall–Kier alpha value is -2.35. The van der Waals surface area contributed by atoms with Crippen LogP contribution in [0.1, 0.15) is 29.2 Å². The molecule has 2 heterocycles. The van der Waals surface area contributed by atoms with Gasteiger partial charge in [0.25, 0.3) is 5.91 Å². The van der Waals surface area contributed by atoms with Crippen molar-refractivity contribution in [2.45, 2.75) is 20.8 Å². The zero-order valence-corrected chi connectivity index (χ0v) is 18.5. The maximum absolute atomic E-state index is 13.5. The Bertz CT molecular complexity index is 1110. The molecule has 1 amide bonds. The first kappa shape index (κ1) is 19.9. The number of fused-ring (bicyclic) bond motifs is 2. The Labute approximate surface area is 178 Å². The lowest BCUT2D eigenvalue weighted by atomic mass is 10.2. The second-order valence-electron chi connectivity index (χ2n) is 6.94. The molecule has 0 aliphatic carbocycles.